The zero-order valence-corrected chi connectivity index (χ0v) is 15.9. The fourth-order valence-electron chi connectivity index (χ4n) is 3.49. The number of furan rings is 1. The number of carbonyl (C=O) groups is 1. The number of imidazole rings is 1. The van der Waals surface area contributed by atoms with Crippen LogP contribution in [0.25, 0.3) is 11.0 Å². The topological polar surface area (TPSA) is 78.9 Å². The fourth-order valence-corrected chi connectivity index (χ4v) is 3.49. The van der Waals surface area contributed by atoms with Crippen LogP contribution in [0.5, 0.6) is 0 Å². The van der Waals surface area contributed by atoms with Crippen LogP contribution in [0.15, 0.2) is 58.4 Å². The average Bonchev–Trinajstić information content (AvgIpc) is 3.41. The lowest BCUT2D eigenvalue weighted by molar-refractivity contribution is 0.0657. The lowest BCUT2D eigenvalue weighted by Crippen LogP contribution is -2.54. The van der Waals surface area contributed by atoms with Crippen molar-refractivity contribution in [1.82, 2.24) is 24.7 Å². The maximum atomic E-state index is 12.4. The van der Waals surface area contributed by atoms with E-state index in [2.05, 4.69) is 30.8 Å². The zero-order valence-electron chi connectivity index (χ0n) is 15.9. The van der Waals surface area contributed by atoms with Crippen LogP contribution in [0.1, 0.15) is 10.6 Å². The van der Waals surface area contributed by atoms with E-state index in [1.807, 2.05) is 29.4 Å². The Balaban J connectivity index is 1.29. The summed E-state index contributed by atoms with van der Waals surface area (Å²) in [5.74, 6) is 1.19. The first-order valence-electron chi connectivity index (χ1n) is 9.44. The molecule has 1 aliphatic rings. The third kappa shape index (κ3) is 3.71. The minimum Gasteiger partial charge on any atom is -0.459 e. The first kappa shape index (κ1) is 18.1. The number of piperazine rings is 1. The van der Waals surface area contributed by atoms with Gasteiger partial charge in [0.25, 0.3) is 5.91 Å². The van der Waals surface area contributed by atoms with Gasteiger partial charge in [-0.3, -0.25) is 9.79 Å². The third-order valence-electron chi connectivity index (χ3n) is 4.97. The molecule has 1 aromatic carbocycles. The molecule has 146 valence electrons. The summed E-state index contributed by atoms with van der Waals surface area (Å²) in [6.45, 7) is 4.31. The van der Waals surface area contributed by atoms with Gasteiger partial charge in [-0.15, -0.1) is 0 Å². The Morgan fingerprint density at radius 2 is 1.93 bits per heavy atom. The van der Waals surface area contributed by atoms with Crippen LogP contribution in [0.4, 0.5) is 0 Å². The number of guanidine groups is 1. The average molecular weight is 380 g/mol. The van der Waals surface area contributed by atoms with E-state index >= 15 is 0 Å². The summed E-state index contributed by atoms with van der Waals surface area (Å²) >= 11 is 0. The molecule has 0 spiro atoms. The van der Waals surface area contributed by atoms with Crippen molar-refractivity contribution in [3.8, 4) is 0 Å². The fraction of sp³-hybridized carbons (Fsp3) is 0.350. The van der Waals surface area contributed by atoms with E-state index in [1.54, 1.807) is 19.2 Å². The van der Waals surface area contributed by atoms with E-state index in [4.69, 9.17) is 4.42 Å². The Morgan fingerprint density at radius 3 is 2.68 bits per heavy atom. The van der Waals surface area contributed by atoms with Crippen molar-refractivity contribution in [3.05, 3.63) is 54.7 Å². The minimum absolute atomic E-state index is 0.0559. The predicted octanol–water partition coefficient (Wildman–Crippen LogP) is 1.66. The molecule has 8 nitrogen and oxygen atoms in total. The molecule has 28 heavy (non-hydrogen) atoms. The summed E-state index contributed by atoms with van der Waals surface area (Å²) in [6, 6.07) is 11.5. The molecular formula is C20H24N6O2. The maximum absolute atomic E-state index is 12.4. The Morgan fingerprint density at radius 1 is 1.14 bits per heavy atom. The van der Waals surface area contributed by atoms with Gasteiger partial charge in [0.05, 0.1) is 23.6 Å². The molecule has 1 saturated heterocycles. The number of aliphatic imine (C=N–C) groups is 1. The van der Waals surface area contributed by atoms with Gasteiger partial charge >= 0.3 is 0 Å². The summed E-state index contributed by atoms with van der Waals surface area (Å²) in [5.41, 5.74) is 2.13. The van der Waals surface area contributed by atoms with E-state index in [9.17, 15) is 4.79 Å². The lowest BCUT2D eigenvalue weighted by Gasteiger charge is -2.36. The number of nitrogens with zero attached hydrogens (tertiary/aromatic N) is 5. The highest BCUT2D eigenvalue weighted by atomic mass is 16.3. The molecular weight excluding hydrogens is 356 g/mol. The second kappa shape index (κ2) is 8.16. The molecule has 0 unspecified atom stereocenters. The number of hydrogen-bond acceptors (Lipinski definition) is 4. The monoisotopic (exact) mass is 380 g/mol. The van der Waals surface area contributed by atoms with E-state index in [0.29, 0.717) is 18.8 Å². The first-order valence-corrected chi connectivity index (χ1v) is 9.44. The van der Waals surface area contributed by atoms with Crippen LogP contribution < -0.4 is 5.32 Å². The van der Waals surface area contributed by atoms with E-state index in [-0.39, 0.29) is 5.91 Å². The Kier molecular flexibility index (Phi) is 5.27. The number of amides is 1. The van der Waals surface area contributed by atoms with Crippen LogP contribution in [0, 0.1) is 0 Å². The van der Waals surface area contributed by atoms with Crippen LogP contribution >= 0.6 is 0 Å². The molecule has 4 rings (SSSR count). The zero-order chi connectivity index (χ0) is 19.3. The SMILES string of the molecule is CN=C(NCCn1cnc2ccccc21)N1CCN(C(=O)c2ccco2)CC1. The number of aromatic nitrogens is 2. The highest BCUT2D eigenvalue weighted by molar-refractivity contribution is 5.91. The number of benzene rings is 1. The normalized spacial score (nSPS) is 15.2. The van der Waals surface area contributed by atoms with E-state index in [1.165, 1.54) is 6.26 Å². The van der Waals surface area contributed by atoms with Crippen LogP contribution in [-0.2, 0) is 6.54 Å². The number of rotatable bonds is 4. The molecule has 3 heterocycles. The van der Waals surface area contributed by atoms with Crippen molar-refractivity contribution in [2.24, 2.45) is 4.99 Å². The summed E-state index contributed by atoms with van der Waals surface area (Å²) < 4.78 is 7.35. The molecule has 1 amide bonds. The quantitative estimate of drug-likeness (QED) is 0.550. The molecule has 3 aromatic rings. The Bertz CT molecular complexity index is 954. The van der Waals surface area contributed by atoms with Gasteiger partial charge in [0.2, 0.25) is 0 Å². The van der Waals surface area contributed by atoms with Crippen molar-refractivity contribution in [2.45, 2.75) is 6.54 Å². The van der Waals surface area contributed by atoms with Crippen molar-refractivity contribution < 1.29 is 9.21 Å². The molecule has 8 heteroatoms. The Hall–Kier alpha value is -3.29. The third-order valence-corrected chi connectivity index (χ3v) is 4.97. The molecule has 1 fully saturated rings. The number of nitrogens with one attached hydrogen (secondary N) is 1. The second-order valence-electron chi connectivity index (χ2n) is 6.66. The van der Waals surface area contributed by atoms with Crippen LogP contribution in [0.3, 0.4) is 0 Å². The van der Waals surface area contributed by atoms with Gasteiger partial charge in [-0.2, -0.15) is 0 Å². The first-order chi connectivity index (χ1) is 13.8. The standard InChI is InChI=1S/C20H24N6O2/c1-21-20(22-8-9-26-15-23-16-5-2-3-6-17(16)26)25-12-10-24(11-13-25)19(27)18-7-4-14-28-18/h2-7,14-15H,8-13H2,1H3,(H,21,22). The highest BCUT2D eigenvalue weighted by Crippen LogP contribution is 2.12. The number of para-hydroxylation sites is 2. The van der Waals surface area contributed by atoms with Crippen molar-refractivity contribution >= 4 is 22.9 Å². The van der Waals surface area contributed by atoms with E-state index in [0.717, 1.165) is 43.2 Å². The number of hydrogen-bond donors (Lipinski definition) is 1. The van der Waals surface area contributed by atoms with Gasteiger partial charge in [-0.1, -0.05) is 12.1 Å². The molecule has 0 atom stereocenters. The summed E-state index contributed by atoms with van der Waals surface area (Å²) in [5, 5.41) is 3.42. The van der Waals surface area contributed by atoms with Gasteiger partial charge in [0, 0.05) is 46.3 Å². The summed E-state index contributed by atoms with van der Waals surface area (Å²) in [7, 11) is 1.79. The molecule has 0 saturated carbocycles. The van der Waals surface area contributed by atoms with Gasteiger partial charge < -0.3 is 24.1 Å². The number of carbonyl (C=O) groups excluding carboxylic acids is 1. The summed E-state index contributed by atoms with van der Waals surface area (Å²) in [4.78, 5) is 25.2. The van der Waals surface area contributed by atoms with Gasteiger partial charge in [-0.25, -0.2) is 4.98 Å². The van der Waals surface area contributed by atoms with Crippen LogP contribution in [0.2, 0.25) is 0 Å². The van der Waals surface area contributed by atoms with Gasteiger partial charge in [0.1, 0.15) is 0 Å². The molecule has 0 radical (unpaired) electrons. The van der Waals surface area contributed by atoms with E-state index < -0.39 is 0 Å². The second-order valence-corrected chi connectivity index (χ2v) is 6.66. The van der Waals surface area contributed by atoms with Gasteiger partial charge in [-0.05, 0) is 24.3 Å². The van der Waals surface area contributed by atoms with Crippen molar-refractivity contribution in [1.29, 1.82) is 0 Å². The predicted molar refractivity (Wildman–Crippen MR) is 107 cm³/mol. The summed E-state index contributed by atoms with van der Waals surface area (Å²) in [6.07, 6.45) is 3.40. The van der Waals surface area contributed by atoms with Crippen molar-refractivity contribution in [3.63, 3.8) is 0 Å². The highest BCUT2D eigenvalue weighted by Gasteiger charge is 2.25. The molecule has 0 aliphatic carbocycles. The van der Waals surface area contributed by atoms with Crippen molar-refractivity contribution in [2.75, 3.05) is 39.8 Å². The van der Waals surface area contributed by atoms with Gasteiger partial charge in [0.15, 0.2) is 11.7 Å². The Labute approximate surface area is 163 Å². The molecule has 2 aromatic heterocycles. The van der Waals surface area contributed by atoms with Crippen LogP contribution in [-0.4, -0.2) is 71.0 Å². The minimum atomic E-state index is -0.0559. The lowest BCUT2D eigenvalue weighted by atomic mass is 10.3. The maximum Gasteiger partial charge on any atom is 0.289 e. The molecule has 1 aliphatic heterocycles. The largest absolute Gasteiger partial charge is 0.459 e. The smallest absolute Gasteiger partial charge is 0.289 e. The molecule has 1 N–H and O–H groups in total. The molecule has 0 bridgehead atoms. The number of fused-ring (bicyclic) bond motifs is 1.